The number of hydrogen-bond acceptors (Lipinski definition) is 4. The van der Waals surface area contributed by atoms with Gasteiger partial charge >= 0.3 is 0 Å². The first-order valence-electron chi connectivity index (χ1n) is 7.09. The molecule has 1 fully saturated rings. The third kappa shape index (κ3) is 2.84. The van der Waals surface area contributed by atoms with E-state index in [2.05, 4.69) is 10.3 Å². The van der Waals surface area contributed by atoms with Gasteiger partial charge in [-0.2, -0.15) is 0 Å². The van der Waals surface area contributed by atoms with Crippen LogP contribution >= 0.6 is 0 Å². The van der Waals surface area contributed by atoms with Crippen LogP contribution in [0.5, 0.6) is 0 Å². The van der Waals surface area contributed by atoms with Crippen LogP contribution in [0.2, 0.25) is 0 Å². The van der Waals surface area contributed by atoms with E-state index in [0.29, 0.717) is 24.5 Å². The zero-order valence-electron chi connectivity index (χ0n) is 12.2. The molecule has 6 heteroatoms. The lowest BCUT2D eigenvalue weighted by atomic mass is 10.0. The van der Waals surface area contributed by atoms with Gasteiger partial charge in [0.25, 0.3) is 0 Å². The summed E-state index contributed by atoms with van der Waals surface area (Å²) >= 11 is 0. The second-order valence-corrected chi connectivity index (χ2v) is 5.10. The van der Waals surface area contributed by atoms with Crippen LogP contribution < -0.4 is 5.32 Å². The first-order valence-corrected chi connectivity index (χ1v) is 7.09. The number of carbonyl (C=O) groups excluding carboxylic acids is 2. The van der Waals surface area contributed by atoms with Crippen molar-refractivity contribution in [2.75, 3.05) is 0 Å². The van der Waals surface area contributed by atoms with Gasteiger partial charge in [-0.1, -0.05) is 20.3 Å². The molecule has 0 radical (unpaired) electrons. The van der Waals surface area contributed by atoms with Crippen LogP contribution in [-0.2, 0) is 16.1 Å². The Labute approximate surface area is 118 Å². The van der Waals surface area contributed by atoms with Gasteiger partial charge in [0.15, 0.2) is 0 Å². The summed E-state index contributed by atoms with van der Waals surface area (Å²) in [6.07, 6.45) is 3.70. The summed E-state index contributed by atoms with van der Waals surface area (Å²) in [4.78, 5) is 30.3. The molecule has 0 aromatic carbocycles. The summed E-state index contributed by atoms with van der Waals surface area (Å²) < 4.78 is 5.42. The second kappa shape index (κ2) is 6.07. The van der Waals surface area contributed by atoms with Crippen molar-refractivity contribution in [3.63, 3.8) is 0 Å². The largest absolute Gasteiger partial charge is 0.444 e. The Morgan fingerprint density at radius 2 is 2.15 bits per heavy atom. The number of hydrogen-bond donors (Lipinski definition) is 1. The second-order valence-electron chi connectivity index (χ2n) is 5.10. The van der Waals surface area contributed by atoms with E-state index in [1.165, 1.54) is 0 Å². The van der Waals surface area contributed by atoms with Gasteiger partial charge in [-0.25, -0.2) is 4.98 Å². The van der Waals surface area contributed by atoms with Gasteiger partial charge in [0.1, 0.15) is 17.8 Å². The third-order valence-corrected chi connectivity index (χ3v) is 3.52. The fraction of sp³-hybridized carbons (Fsp3) is 0.643. The molecule has 0 aliphatic carbocycles. The molecule has 1 N–H and O–H groups in total. The monoisotopic (exact) mass is 279 g/mol. The van der Waals surface area contributed by atoms with Gasteiger partial charge in [-0.3, -0.25) is 9.59 Å². The molecule has 2 atom stereocenters. The Morgan fingerprint density at radius 1 is 1.40 bits per heavy atom. The van der Waals surface area contributed by atoms with Crippen LogP contribution in [0.15, 0.2) is 10.6 Å². The van der Waals surface area contributed by atoms with E-state index >= 15 is 0 Å². The van der Waals surface area contributed by atoms with Crippen LogP contribution in [0, 0.1) is 6.92 Å². The summed E-state index contributed by atoms with van der Waals surface area (Å²) in [7, 11) is 0. The van der Waals surface area contributed by atoms with E-state index in [1.54, 1.807) is 18.0 Å². The standard InChI is InChI=1S/C14H21N3O3/c1-4-6-10-14(19)17(11(5-2)13(18)16-10)8-12-15-7-9(3)20-12/h7,10-11H,4-6,8H2,1-3H3,(H,16,18). The zero-order valence-corrected chi connectivity index (χ0v) is 12.2. The number of nitrogens with one attached hydrogen (secondary N) is 1. The molecule has 0 bridgehead atoms. The summed E-state index contributed by atoms with van der Waals surface area (Å²) in [6, 6.07) is -0.867. The van der Waals surface area contributed by atoms with Crippen LogP contribution in [0.3, 0.4) is 0 Å². The van der Waals surface area contributed by atoms with E-state index < -0.39 is 12.1 Å². The van der Waals surface area contributed by atoms with Crippen molar-refractivity contribution in [1.29, 1.82) is 0 Å². The van der Waals surface area contributed by atoms with E-state index in [0.717, 1.165) is 6.42 Å². The molecule has 1 saturated heterocycles. The maximum Gasteiger partial charge on any atom is 0.246 e. The number of oxazole rings is 1. The SMILES string of the molecule is CCCC1NC(=O)C(CC)N(Cc2ncc(C)o2)C1=O. The zero-order chi connectivity index (χ0) is 14.7. The van der Waals surface area contributed by atoms with Crippen LogP contribution in [-0.4, -0.2) is 33.8 Å². The van der Waals surface area contributed by atoms with Crippen molar-refractivity contribution in [2.24, 2.45) is 0 Å². The molecule has 0 saturated carbocycles. The van der Waals surface area contributed by atoms with E-state index in [9.17, 15) is 9.59 Å². The number of aromatic nitrogens is 1. The van der Waals surface area contributed by atoms with E-state index in [-0.39, 0.29) is 18.4 Å². The van der Waals surface area contributed by atoms with Crippen LogP contribution in [0.25, 0.3) is 0 Å². The predicted molar refractivity (Wildman–Crippen MR) is 72.7 cm³/mol. The lowest BCUT2D eigenvalue weighted by Gasteiger charge is -2.37. The molecular weight excluding hydrogens is 258 g/mol. The van der Waals surface area contributed by atoms with Gasteiger partial charge in [0, 0.05) is 0 Å². The summed E-state index contributed by atoms with van der Waals surface area (Å²) in [5.74, 6) is 1.04. The van der Waals surface area contributed by atoms with Crippen molar-refractivity contribution >= 4 is 11.8 Å². The number of amides is 2. The summed E-state index contributed by atoms with van der Waals surface area (Å²) in [5.41, 5.74) is 0. The lowest BCUT2D eigenvalue weighted by molar-refractivity contribution is -0.150. The summed E-state index contributed by atoms with van der Waals surface area (Å²) in [5, 5.41) is 2.81. The Morgan fingerprint density at radius 3 is 2.70 bits per heavy atom. The number of piperazine rings is 1. The minimum atomic E-state index is -0.442. The van der Waals surface area contributed by atoms with Gasteiger partial charge < -0.3 is 14.6 Å². The fourth-order valence-corrected chi connectivity index (χ4v) is 2.52. The molecule has 110 valence electrons. The highest BCUT2D eigenvalue weighted by Crippen LogP contribution is 2.19. The van der Waals surface area contributed by atoms with Crippen molar-refractivity contribution in [2.45, 2.75) is 58.7 Å². The van der Waals surface area contributed by atoms with Crippen molar-refractivity contribution in [3.05, 3.63) is 17.8 Å². The molecule has 2 unspecified atom stereocenters. The van der Waals surface area contributed by atoms with Crippen LogP contribution in [0.1, 0.15) is 44.8 Å². The molecule has 2 amide bonds. The minimum Gasteiger partial charge on any atom is -0.444 e. The van der Waals surface area contributed by atoms with Gasteiger partial charge in [-0.05, 0) is 19.8 Å². The van der Waals surface area contributed by atoms with Gasteiger partial charge in [-0.15, -0.1) is 0 Å². The quantitative estimate of drug-likeness (QED) is 0.883. The Bertz CT molecular complexity index is 498. The van der Waals surface area contributed by atoms with E-state index in [1.807, 2.05) is 13.8 Å². The van der Waals surface area contributed by atoms with Crippen LogP contribution in [0.4, 0.5) is 0 Å². The highest BCUT2D eigenvalue weighted by molar-refractivity contribution is 5.96. The Kier molecular flexibility index (Phi) is 4.42. The van der Waals surface area contributed by atoms with E-state index in [4.69, 9.17) is 4.42 Å². The molecule has 1 aromatic rings. The third-order valence-electron chi connectivity index (χ3n) is 3.52. The van der Waals surface area contributed by atoms with Crippen molar-refractivity contribution in [1.82, 2.24) is 15.2 Å². The molecule has 6 nitrogen and oxygen atoms in total. The number of aryl methyl sites for hydroxylation is 1. The number of rotatable bonds is 5. The molecule has 1 aliphatic rings. The predicted octanol–water partition coefficient (Wildman–Crippen LogP) is 1.39. The van der Waals surface area contributed by atoms with Crippen molar-refractivity contribution < 1.29 is 14.0 Å². The summed E-state index contributed by atoms with van der Waals surface area (Å²) in [6.45, 7) is 5.94. The lowest BCUT2D eigenvalue weighted by Crippen LogP contribution is -2.62. The number of nitrogens with zero attached hydrogens (tertiary/aromatic N) is 2. The maximum atomic E-state index is 12.5. The molecule has 2 heterocycles. The topological polar surface area (TPSA) is 75.4 Å². The molecule has 1 aliphatic heterocycles. The first kappa shape index (κ1) is 14.6. The molecular formula is C14H21N3O3. The first-order chi connectivity index (χ1) is 9.56. The average Bonchev–Trinajstić information content (AvgIpc) is 2.81. The molecule has 0 spiro atoms. The molecule has 20 heavy (non-hydrogen) atoms. The fourth-order valence-electron chi connectivity index (χ4n) is 2.52. The normalized spacial score (nSPS) is 23.1. The number of carbonyl (C=O) groups is 2. The highest BCUT2D eigenvalue weighted by atomic mass is 16.4. The average molecular weight is 279 g/mol. The smallest absolute Gasteiger partial charge is 0.246 e. The minimum absolute atomic E-state index is 0.0471. The Hall–Kier alpha value is -1.85. The Balaban J connectivity index is 2.19. The molecule has 1 aromatic heterocycles. The molecule has 2 rings (SSSR count). The van der Waals surface area contributed by atoms with Crippen molar-refractivity contribution in [3.8, 4) is 0 Å². The highest BCUT2D eigenvalue weighted by Gasteiger charge is 2.39. The van der Waals surface area contributed by atoms with Gasteiger partial charge in [0.2, 0.25) is 17.7 Å². The maximum absolute atomic E-state index is 12.5. The van der Waals surface area contributed by atoms with Gasteiger partial charge in [0.05, 0.1) is 12.7 Å².